The van der Waals surface area contributed by atoms with E-state index in [-0.39, 0.29) is 12.5 Å². The average Bonchev–Trinajstić information content (AvgIpc) is 3.50. The van der Waals surface area contributed by atoms with E-state index in [9.17, 15) is 18.0 Å². The Labute approximate surface area is 227 Å². The first-order valence-electron chi connectivity index (χ1n) is 12.6. The van der Waals surface area contributed by atoms with Gasteiger partial charge in [-0.25, -0.2) is 10.1 Å². The molecule has 0 aliphatic carbocycles. The van der Waals surface area contributed by atoms with Crippen LogP contribution in [-0.4, -0.2) is 35.7 Å². The molecule has 0 saturated carbocycles. The predicted octanol–water partition coefficient (Wildman–Crippen LogP) is 5.48. The lowest BCUT2D eigenvalue weighted by atomic mass is 9.98. The molecule has 2 N–H and O–H groups in total. The maximum Gasteiger partial charge on any atom is 0.416 e. The van der Waals surface area contributed by atoms with Crippen LogP contribution < -0.4 is 10.9 Å². The minimum atomic E-state index is -4.49. The molecule has 12 heteroatoms. The van der Waals surface area contributed by atoms with E-state index >= 15 is 0 Å². The molecule has 206 valence electrons. The largest absolute Gasteiger partial charge is 0.416 e. The highest BCUT2D eigenvalue weighted by Gasteiger charge is 2.31. The summed E-state index contributed by atoms with van der Waals surface area (Å²) in [6, 6.07) is 16.4. The summed E-state index contributed by atoms with van der Waals surface area (Å²) in [7, 11) is 1.78. The van der Waals surface area contributed by atoms with Crippen LogP contribution in [0, 0.1) is 6.92 Å². The van der Waals surface area contributed by atoms with E-state index in [1.54, 1.807) is 40.4 Å². The number of carbonyl (C=O) groups excluding carboxylic acids is 1. The smallest absolute Gasteiger partial charge is 0.313 e. The van der Waals surface area contributed by atoms with Crippen molar-refractivity contribution in [2.45, 2.75) is 39.4 Å². The summed E-state index contributed by atoms with van der Waals surface area (Å²) >= 11 is 0. The van der Waals surface area contributed by atoms with Gasteiger partial charge < -0.3 is 9.13 Å². The van der Waals surface area contributed by atoms with Crippen LogP contribution in [0.15, 0.2) is 65.7 Å². The second-order valence-electron chi connectivity index (χ2n) is 9.85. The molecule has 0 radical (unpaired) electrons. The molecule has 5 rings (SSSR count). The molecule has 0 aliphatic heterocycles. The van der Waals surface area contributed by atoms with Crippen LogP contribution in [0.2, 0.25) is 0 Å². The van der Waals surface area contributed by atoms with Gasteiger partial charge in [-0.3, -0.25) is 10.1 Å². The molecule has 3 aromatic carbocycles. The summed E-state index contributed by atoms with van der Waals surface area (Å²) < 4.78 is 44.5. The van der Waals surface area contributed by atoms with E-state index in [1.165, 1.54) is 11.6 Å². The van der Waals surface area contributed by atoms with Gasteiger partial charge in [-0.1, -0.05) is 37.1 Å². The van der Waals surface area contributed by atoms with E-state index in [0.29, 0.717) is 33.8 Å². The molecule has 0 bridgehead atoms. The molecule has 0 fully saturated rings. The zero-order valence-corrected chi connectivity index (χ0v) is 22.3. The van der Waals surface area contributed by atoms with Crippen LogP contribution >= 0.6 is 0 Å². The number of halogens is 3. The van der Waals surface area contributed by atoms with Crippen LogP contribution in [0.5, 0.6) is 0 Å². The van der Waals surface area contributed by atoms with E-state index in [4.69, 9.17) is 4.99 Å². The number of amides is 1. The predicted molar refractivity (Wildman–Crippen MR) is 144 cm³/mol. The number of nitrogens with zero attached hydrogens (tertiary/aromatic N) is 6. The Kier molecular flexibility index (Phi) is 7.01. The Morgan fingerprint density at radius 2 is 1.80 bits per heavy atom. The van der Waals surface area contributed by atoms with Crippen LogP contribution in [0.25, 0.3) is 11.0 Å². The van der Waals surface area contributed by atoms with Crippen molar-refractivity contribution in [3.63, 3.8) is 0 Å². The van der Waals surface area contributed by atoms with Gasteiger partial charge in [0.15, 0.2) is 0 Å². The molecule has 0 aliphatic rings. The fourth-order valence-corrected chi connectivity index (χ4v) is 4.72. The fraction of sp³-hybridized carbons (Fsp3) is 0.250. The zero-order chi connectivity index (χ0) is 28.6. The van der Waals surface area contributed by atoms with E-state index in [0.717, 1.165) is 23.3 Å². The lowest BCUT2D eigenvalue weighted by molar-refractivity contribution is -0.137. The maximum absolute atomic E-state index is 13.6. The van der Waals surface area contributed by atoms with Crippen molar-refractivity contribution in [1.29, 1.82) is 0 Å². The Bertz CT molecular complexity index is 1750. The topological polar surface area (TPSA) is 106 Å². The Hall–Kier alpha value is -4.74. The lowest BCUT2D eigenvalue weighted by Gasteiger charge is -2.11. The fourth-order valence-electron chi connectivity index (χ4n) is 4.72. The molecule has 2 aromatic heterocycles. The average molecular weight is 549 g/mol. The third-order valence-corrected chi connectivity index (χ3v) is 6.73. The molecular weight excluding hydrogens is 521 g/mol. The van der Waals surface area contributed by atoms with Crippen molar-refractivity contribution in [1.82, 2.24) is 29.8 Å². The number of nitrogens with one attached hydrogen (secondary N) is 2. The summed E-state index contributed by atoms with van der Waals surface area (Å²) in [5.41, 5.74) is 4.90. The van der Waals surface area contributed by atoms with Gasteiger partial charge >= 0.3 is 6.18 Å². The minimum Gasteiger partial charge on any atom is -0.313 e. The molecule has 2 heterocycles. The molecular formula is C28H27F3N8O. The standard InChI is InChI=1S/C28H27F3N8O/c1-16(2)22-11-10-21(13-17(22)3)32-27-38(4)23-12-9-20(28(29,30)31)14-24(23)39(27)15-18-5-7-19(8-6-18)25(40)33-26-34-36-37-35-26/h5-14,16H,15H2,1-4H3,(H2,33,34,35,36,37,40). The number of imidazole rings is 1. The van der Waals surface area contributed by atoms with Crippen molar-refractivity contribution in [3.05, 3.63) is 94.1 Å². The molecule has 5 aromatic rings. The number of rotatable bonds is 6. The highest BCUT2D eigenvalue weighted by atomic mass is 19.4. The first-order chi connectivity index (χ1) is 19.0. The van der Waals surface area contributed by atoms with Gasteiger partial charge in [0, 0.05) is 12.6 Å². The number of hydrogen-bond acceptors (Lipinski definition) is 5. The van der Waals surface area contributed by atoms with Crippen molar-refractivity contribution in [3.8, 4) is 0 Å². The van der Waals surface area contributed by atoms with Crippen LogP contribution in [0.3, 0.4) is 0 Å². The van der Waals surface area contributed by atoms with Crippen LogP contribution in [-0.2, 0) is 19.8 Å². The summed E-state index contributed by atoms with van der Waals surface area (Å²) in [4.78, 5) is 17.4. The first kappa shape index (κ1) is 26.9. The third-order valence-electron chi connectivity index (χ3n) is 6.73. The monoisotopic (exact) mass is 548 g/mol. The van der Waals surface area contributed by atoms with Crippen molar-refractivity contribution in [2.75, 3.05) is 5.32 Å². The van der Waals surface area contributed by atoms with E-state index < -0.39 is 17.6 Å². The van der Waals surface area contributed by atoms with Crippen molar-refractivity contribution in [2.24, 2.45) is 12.0 Å². The lowest BCUT2D eigenvalue weighted by Crippen LogP contribution is -2.24. The van der Waals surface area contributed by atoms with E-state index in [1.807, 2.05) is 25.1 Å². The minimum absolute atomic E-state index is 0.115. The number of H-pyrrole nitrogens is 1. The second-order valence-corrected chi connectivity index (χ2v) is 9.85. The van der Waals surface area contributed by atoms with Gasteiger partial charge in [0.2, 0.25) is 11.6 Å². The van der Waals surface area contributed by atoms with Gasteiger partial charge in [-0.05, 0) is 82.4 Å². The molecule has 0 spiro atoms. The Balaban J connectivity index is 1.58. The van der Waals surface area contributed by atoms with E-state index in [2.05, 4.69) is 39.8 Å². The number of aromatic nitrogens is 6. The summed E-state index contributed by atoms with van der Waals surface area (Å²) in [6.07, 6.45) is -4.49. The SMILES string of the molecule is Cc1cc(N=c2n(C)c3ccc(C(F)(F)F)cc3n2Cc2ccc(C(=O)Nc3nnn[nH]3)cc2)ccc1C(C)C. The van der Waals surface area contributed by atoms with Gasteiger partial charge in [0.1, 0.15) is 0 Å². The summed E-state index contributed by atoms with van der Waals surface area (Å²) in [5.74, 6) is 0.0623. The number of aromatic amines is 1. The Morgan fingerprint density at radius 3 is 2.42 bits per heavy atom. The second kappa shape index (κ2) is 10.4. The quantitative estimate of drug-likeness (QED) is 0.293. The number of anilines is 1. The van der Waals surface area contributed by atoms with Crippen LogP contribution in [0.4, 0.5) is 24.8 Å². The molecule has 0 saturated heterocycles. The van der Waals surface area contributed by atoms with Gasteiger partial charge in [-0.15, -0.1) is 0 Å². The third kappa shape index (κ3) is 5.37. The molecule has 40 heavy (non-hydrogen) atoms. The number of alkyl halides is 3. The molecule has 1 amide bonds. The first-order valence-corrected chi connectivity index (χ1v) is 12.6. The molecule has 9 nitrogen and oxygen atoms in total. The number of benzene rings is 3. The normalized spacial score (nSPS) is 12.4. The van der Waals surface area contributed by atoms with Gasteiger partial charge in [0.25, 0.3) is 5.91 Å². The summed E-state index contributed by atoms with van der Waals surface area (Å²) in [5, 5.41) is 15.5. The number of hydrogen-bond donors (Lipinski definition) is 2. The summed E-state index contributed by atoms with van der Waals surface area (Å²) in [6.45, 7) is 6.50. The van der Waals surface area contributed by atoms with Gasteiger partial charge in [-0.2, -0.15) is 13.2 Å². The highest BCUT2D eigenvalue weighted by molar-refractivity contribution is 6.03. The Morgan fingerprint density at radius 1 is 1.05 bits per heavy atom. The maximum atomic E-state index is 13.6. The molecule has 0 atom stereocenters. The van der Waals surface area contributed by atoms with Gasteiger partial charge in [0.05, 0.1) is 28.8 Å². The number of aryl methyl sites for hydroxylation is 2. The van der Waals surface area contributed by atoms with Crippen LogP contribution in [0.1, 0.15) is 52.4 Å². The number of carbonyl (C=O) groups is 1. The van der Waals surface area contributed by atoms with Crippen molar-refractivity contribution < 1.29 is 18.0 Å². The highest BCUT2D eigenvalue weighted by Crippen LogP contribution is 2.31. The number of tetrazole rings is 1. The number of fused-ring (bicyclic) bond motifs is 1. The molecule has 0 unspecified atom stereocenters. The zero-order valence-electron chi connectivity index (χ0n) is 22.3. The van der Waals surface area contributed by atoms with Crippen molar-refractivity contribution >= 4 is 28.6 Å².